The zero-order chi connectivity index (χ0) is 15.2. The average molecular weight is 279 g/mol. The van der Waals surface area contributed by atoms with Crippen LogP contribution in [0.15, 0.2) is 18.2 Å². The van der Waals surface area contributed by atoms with E-state index in [1.54, 1.807) is 7.11 Å². The molecular formula is C17H29NO2. The Hall–Kier alpha value is -1.22. The Morgan fingerprint density at radius 1 is 1.25 bits per heavy atom. The fourth-order valence-electron chi connectivity index (χ4n) is 2.08. The molecule has 0 heterocycles. The van der Waals surface area contributed by atoms with Crippen molar-refractivity contribution in [1.82, 2.24) is 0 Å². The molecule has 0 aromatic heterocycles. The Balaban J connectivity index is 2.69. The van der Waals surface area contributed by atoms with Crippen molar-refractivity contribution >= 4 is 0 Å². The number of rotatable bonds is 7. The molecule has 1 unspecified atom stereocenters. The molecule has 0 aliphatic rings. The van der Waals surface area contributed by atoms with Crippen LogP contribution in [0.25, 0.3) is 0 Å². The normalized spacial score (nSPS) is 13.1. The third-order valence-electron chi connectivity index (χ3n) is 3.50. The van der Waals surface area contributed by atoms with Crippen molar-refractivity contribution in [3.63, 3.8) is 0 Å². The molecule has 0 aliphatic carbocycles. The molecular weight excluding hydrogens is 250 g/mol. The molecule has 1 rings (SSSR count). The SMILES string of the molecule is CCC(N)CCCOc1ccc(OC)cc1C(C)(C)C. The van der Waals surface area contributed by atoms with Gasteiger partial charge in [0.1, 0.15) is 11.5 Å². The monoisotopic (exact) mass is 279 g/mol. The highest BCUT2D eigenvalue weighted by molar-refractivity contribution is 5.44. The van der Waals surface area contributed by atoms with Crippen LogP contribution in [0, 0.1) is 0 Å². The first-order chi connectivity index (χ1) is 9.38. The second kappa shape index (κ2) is 7.53. The van der Waals surface area contributed by atoms with E-state index in [2.05, 4.69) is 33.8 Å². The fourth-order valence-corrected chi connectivity index (χ4v) is 2.08. The first-order valence-electron chi connectivity index (χ1n) is 7.45. The van der Waals surface area contributed by atoms with Crippen LogP contribution in [0.2, 0.25) is 0 Å². The van der Waals surface area contributed by atoms with Gasteiger partial charge in [-0.15, -0.1) is 0 Å². The Labute approximate surface area is 123 Å². The van der Waals surface area contributed by atoms with Crippen LogP contribution >= 0.6 is 0 Å². The topological polar surface area (TPSA) is 44.5 Å². The second-order valence-corrected chi connectivity index (χ2v) is 6.27. The van der Waals surface area contributed by atoms with Crippen LogP contribution in [0.4, 0.5) is 0 Å². The maximum atomic E-state index is 5.95. The Kier molecular flexibility index (Phi) is 6.34. The number of hydrogen-bond acceptors (Lipinski definition) is 3. The van der Waals surface area contributed by atoms with Crippen molar-refractivity contribution in [2.24, 2.45) is 5.73 Å². The molecule has 0 amide bonds. The van der Waals surface area contributed by atoms with E-state index in [9.17, 15) is 0 Å². The van der Waals surface area contributed by atoms with Gasteiger partial charge >= 0.3 is 0 Å². The minimum absolute atomic E-state index is 0.0314. The van der Waals surface area contributed by atoms with Gasteiger partial charge in [0.15, 0.2) is 0 Å². The molecule has 0 aliphatic heterocycles. The van der Waals surface area contributed by atoms with Crippen molar-refractivity contribution in [3.05, 3.63) is 23.8 Å². The van der Waals surface area contributed by atoms with E-state index < -0.39 is 0 Å². The Morgan fingerprint density at radius 2 is 1.95 bits per heavy atom. The fraction of sp³-hybridized carbons (Fsp3) is 0.647. The Morgan fingerprint density at radius 3 is 2.50 bits per heavy atom. The van der Waals surface area contributed by atoms with Gasteiger partial charge in [0, 0.05) is 11.6 Å². The molecule has 2 N–H and O–H groups in total. The van der Waals surface area contributed by atoms with Crippen molar-refractivity contribution in [2.45, 2.75) is 58.4 Å². The summed E-state index contributed by atoms with van der Waals surface area (Å²) in [6.07, 6.45) is 3.03. The van der Waals surface area contributed by atoms with E-state index in [0.29, 0.717) is 6.61 Å². The summed E-state index contributed by atoms with van der Waals surface area (Å²) in [6, 6.07) is 6.30. The molecule has 0 radical (unpaired) electrons. The maximum Gasteiger partial charge on any atom is 0.123 e. The number of nitrogens with two attached hydrogens (primary N) is 1. The highest BCUT2D eigenvalue weighted by Gasteiger charge is 2.20. The molecule has 0 saturated carbocycles. The minimum Gasteiger partial charge on any atom is -0.497 e. The molecule has 0 bridgehead atoms. The maximum absolute atomic E-state index is 5.95. The molecule has 1 aromatic carbocycles. The quantitative estimate of drug-likeness (QED) is 0.770. The molecule has 0 saturated heterocycles. The summed E-state index contributed by atoms with van der Waals surface area (Å²) in [5.41, 5.74) is 7.13. The second-order valence-electron chi connectivity index (χ2n) is 6.27. The van der Waals surface area contributed by atoms with E-state index in [4.69, 9.17) is 15.2 Å². The van der Waals surface area contributed by atoms with Crippen LogP contribution in [0.1, 0.15) is 52.5 Å². The smallest absolute Gasteiger partial charge is 0.123 e. The van der Waals surface area contributed by atoms with Crippen LogP contribution in [-0.4, -0.2) is 19.8 Å². The van der Waals surface area contributed by atoms with Gasteiger partial charge in [0.25, 0.3) is 0 Å². The highest BCUT2D eigenvalue weighted by atomic mass is 16.5. The number of hydrogen-bond donors (Lipinski definition) is 1. The molecule has 20 heavy (non-hydrogen) atoms. The van der Waals surface area contributed by atoms with E-state index >= 15 is 0 Å². The van der Waals surface area contributed by atoms with Crippen LogP contribution in [0.3, 0.4) is 0 Å². The summed E-state index contributed by atoms with van der Waals surface area (Å²) in [5.74, 6) is 1.82. The van der Waals surface area contributed by atoms with Gasteiger partial charge in [-0.2, -0.15) is 0 Å². The van der Waals surface area contributed by atoms with Gasteiger partial charge in [-0.25, -0.2) is 0 Å². The number of benzene rings is 1. The summed E-state index contributed by atoms with van der Waals surface area (Å²) in [5, 5.41) is 0. The van der Waals surface area contributed by atoms with Gasteiger partial charge < -0.3 is 15.2 Å². The lowest BCUT2D eigenvalue weighted by atomic mass is 9.86. The van der Waals surface area contributed by atoms with Crippen molar-refractivity contribution in [1.29, 1.82) is 0 Å². The van der Waals surface area contributed by atoms with Gasteiger partial charge in [0.05, 0.1) is 13.7 Å². The largest absolute Gasteiger partial charge is 0.497 e. The summed E-state index contributed by atoms with van der Waals surface area (Å²) in [7, 11) is 1.69. The summed E-state index contributed by atoms with van der Waals surface area (Å²) < 4.78 is 11.3. The lowest BCUT2D eigenvalue weighted by molar-refractivity contribution is 0.292. The first-order valence-corrected chi connectivity index (χ1v) is 7.45. The van der Waals surface area contributed by atoms with Gasteiger partial charge in [-0.1, -0.05) is 27.7 Å². The van der Waals surface area contributed by atoms with E-state index in [0.717, 1.165) is 30.8 Å². The zero-order valence-electron chi connectivity index (χ0n) is 13.5. The van der Waals surface area contributed by atoms with E-state index in [-0.39, 0.29) is 11.5 Å². The zero-order valence-corrected chi connectivity index (χ0v) is 13.5. The molecule has 0 fully saturated rings. The average Bonchev–Trinajstić information content (AvgIpc) is 2.42. The van der Waals surface area contributed by atoms with Gasteiger partial charge in [0.2, 0.25) is 0 Å². The van der Waals surface area contributed by atoms with Crippen LogP contribution < -0.4 is 15.2 Å². The minimum atomic E-state index is 0.0314. The number of methoxy groups -OCH3 is 1. The Bertz CT molecular complexity index is 410. The van der Waals surface area contributed by atoms with Gasteiger partial charge in [-0.05, 0) is 42.9 Å². The summed E-state index contributed by atoms with van der Waals surface area (Å²) in [4.78, 5) is 0. The molecule has 3 heteroatoms. The third-order valence-corrected chi connectivity index (χ3v) is 3.50. The van der Waals surface area contributed by atoms with E-state index in [1.807, 2.05) is 12.1 Å². The lowest BCUT2D eigenvalue weighted by Crippen LogP contribution is -2.19. The van der Waals surface area contributed by atoms with Crippen molar-refractivity contribution in [2.75, 3.05) is 13.7 Å². The predicted molar refractivity (Wildman–Crippen MR) is 84.7 cm³/mol. The van der Waals surface area contributed by atoms with Crippen molar-refractivity contribution < 1.29 is 9.47 Å². The molecule has 0 spiro atoms. The molecule has 1 atom stereocenters. The van der Waals surface area contributed by atoms with Crippen LogP contribution in [-0.2, 0) is 5.41 Å². The standard InChI is InChI=1S/C17H29NO2/c1-6-13(18)8-7-11-20-16-10-9-14(19-5)12-15(16)17(2,3)4/h9-10,12-13H,6-8,11,18H2,1-5H3. The first kappa shape index (κ1) is 16.8. The highest BCUT2D eigenvalue weighted by Crippen LogP contribution is 2.34. The molecule has 114 valence electrons. The summed E-state index contributed by atoms with van der Waals surface area (Å²) >= 11 is 0. The molecule has 1 aromatic rings. The molecule has 3 nitrogen and oxygen atoms in total. The van der Waals surface area contributed by atoms with Crippen molar-refractivity contribution in [3.8, 4) is 11.5 Å². The number of ether oxygens (including phenoxy) is 2. The van der Waals surface area contributed by atoms with Gasteiger partial charge in [-0.3, -0.25) is 0 Å². The van der Waals surface area contributed by atoms with E-state index in [1.165, 1.54) is 5.56 Å². The lowest BCUT2D eigenvalue weighted by Gasteiger charge is -2.23. The predicted octanol–water partition coefficient (Wildman–Crippen LogP) is 3.89. The summed E-state index contributed by atoms with van der Waals surface area (Å²) in [6.45, 7) is 9.38. The third kappa shape index (κ3) is 5.04. The van der Waals surface area contributed by atoms with Crippen LogP contribution in [0.5, 0.6) is 11.5 Å².